The van der Waals surface area contributed by atoms with Crippen LogP contribution in [0.3, 0.4) is 0 Å². The summed E-state index contributed by atoms with van der Waals surface area (Å²) in [6.07, 6.45) is 4.66. The Morgan fingerprint density at radius 3 is 2.63 bits per heavy atom. The van der Waals surface area contributed by atoms with E-state index < -0.39 is 0 Å². The fourth-order valence-corrected chi connectivity index (χ4v) is 2.07. The fourth-order valence-electron chi connectivity index (χ4n) is 2.07. The van der Waals surface area contributed by atoms with E-state index in [1.54, 1.807) is 0 Å². The van der Waals surface area contributed by atoms with Crippen molar-refractivity contribution >= 4 is 0 Å². The highest BCUT2D eigenvalue weighted by atomic mass is 16.5. The molecule has 2 nitrogen and oxygen atoms in total. The molecule has 0 radical (unpaired) electrons. The van der Waals surface area contributed by atoms with Gasteiger partial charge in [0.25, 0.3) is 0 Å². The molecule has 1 aromatic carbocycles. The van der Waals surface area contributed by atoms with E-state index in [1.807, 2.05) is 0 Å². The minimum Gasteiger partial charge on any atom is -0.493 e. The Hall–Kier alpha value is -1.02. The van der Waals surface area contributed by atoms with Crippen molar-refractivity contribution in [2.45, 2.75) is 52.4 Å². The Bertz CT molecular complexity index is 338. The molecule has 1 N–H and O–H groups in total. The molecule has 19 heavy (non-hydrogen) atoms. The smallest absolute Gasteiger partial charge is 0.122 e. The van der Waals surface area contributed by atoms with Crippen molar-refractivity contribution < 1.29 is 4.74 Å². The third kappa shape index (κ3) is 6.11. The van der Waals surface area contributed by atoms with Crippen molar-refractivity contribution in [1.29, 1.82) is 0 Å². The van der Waals surface area contributed by atoms with Crippen LogP contribution in [-0.2, 0) is 0 Å². The highest BCUT2D eigenvalue weighted by Gasteiger charge is 2.08. The molecule has 0 aliphatic rings. The Kier molecular flexibility index (Phi) is 8.31. The summed E-state index contributed by atoms with van der Waals surface area (Å²) in [6, 6.07) is 8.44. The zero-order chi connectivity index (χ0) is 13.9. The van der Waals surface area contributed by atoms with Crippen LogP contribution in [-0.4, -0.2) is 19.7 Å². The van der Waals surface area contributed by atoms with Crippen LogP contribution in [0, 0.1) is 0 Å². The van der Waals surface area contributed by atoms with Crippen LogP contribution < -0.4 is 10.1 Å². The summed E-state index contributed by atoms with van der Waals surface area (Å²) in [5.74, 6) is 1.64. The van der Waals surface area contributed by atoms with E-state index in [1.165, 1.54) is 18.4 Å². The van der Waals surface area contributed by atoms with Gasteiger partial charge in [-0.2, -0.15) is 0 Å². The lowest BCUT2D eigenvalue weighted by molar-refractivity contribution is 0.301. The van der Waals surface area contributed by atoms with Gasteiger partial charge in [-0.15, -0.1) is 0 Å². The van der Waals surface area contributed by atoms with Crippen LogP contribution in [0.25, 0.3) is 0 Å². The Balaban J connectivity index is 2.29. The van der Waals surface area contributed by atoms with Gasteiger partial charge < -0.3 is 10.1 Å². The number of hydrogen-bond donors (Lipinski definition) is 1. The highest BCUT2D eigenvalue weighted by molar-refractivity contribution is 5.35. The Morgan fingerprint density at radius 2 is 1.89 bits per heavy atom. The second-order valence-corrected chi connectivity index (χ2v) is 5.15. The molecule has 1 unspecified atom stereocenters. The molecule has 108 valence electrons. The molecular formula is C17H29NO. The first-order valence-electron chi connectivity index (χ1n) is 7.72. The molecule has 0 bridgehead atoms. The maximum Gasteiger partial charge on any atom is 0.122 e. The van der Waals surface area contributed by atoms with Gasteiger partial charge >= 0.3 is 0 Å². The van der Waals surface area contributed by atoms with Crippen LogP contribution >= 0.6 is 0 Å². The molecule has 0 amide bonds. The molecule has 1 aromatic rings. The van der Waals surface area contributed by atoms with E-state index in [-0.39, 0.29) is 0 Å². The number of hydrogen-bond acceptors (Lipinski definition) is 2. The molecule has 0 fully saturated rings. The first kappa shape index (κ1) is 16.0. The lowest BCUT2D eigenvalue weighted by Gasteiger charge is -2.15. The molecule has 1 rings (SSSR count). The molecule has 0 saturated carbocycles. The predicted octanol–water partition coefficient (Wildman–Crippen LogP) is 4.36. The molecule has 2 heteroatoms. The summed E-state index contributed by atoms with van der Waals surface area (Å²) in [5, 5.41) is 3.42. The second-order valence-electron chi connectivity index (χ2n) is 5.15. The molecule has 0 spiro atoms. The standard InChI is InChI=1S/C17H29NO/c1-4-12-18-13-8-9-14-19-17-11-7-6-10-16(17)15(3)5-2/h6-7,10-11,15,18H,4-5,8-9,12-14H2,1-3H3. The zero-order valence-electron chi connectivity index (χ0n) is 12.7. The van der Waals surface area contributed by atoms with Crippen molar-refractivity contribution in [3.63, 3.8) is 0 Å². The van der Waals surface area contributed by atoms with Gasteiger partial charge in [-0.3, -0.25) is 0 Å². The van der Waals surface area contributed by atoms with Crippen LogP contribution in [0.2, 0.25) is 0 Å². The summed E-state index contributed by atoms with van der Waals surface area (Å²) in [4.78, 5) is 0. The van der Waals surface area contributed by atoms with Crippen molar-refractivity contribution in [1.82, 2.24) is 5.32 Å². The average molecular weight is 263 g/mol. The Morgan fingerprint density at radius 1 is 1.11 bits per heavy atom. The quantitative estimate of drug-likeness (QED) is 0.633. The number of benzene rings is 1. The first-order chi connectivity index (χ1) is 9.29. The predicted molar refractivity (Wildman–Crippen MR) is 83.0 cm³/mol. The van der Waals surface area contributed by atoms with Crippen molar-refractivity contribution in [2.75, 3.05) is 19.7 Å². The summed E-state index contributed by atoms with van der Waals surface area (Å²) >= 11 is 0. The monoisotopic (exact) mass is 263 g/mol. The zero-order valence-corrected chi connectivity index (χ0v) is 12.7. The number of rotatable bonds is 10. The van der Waals surface area contributed by atoms with Crippen LogP contribution in [0.15, 0.2) is 24.3 Å². The molecule has 1 atom stereocenters. The van der Waals surface area contributed by atoms with Crippen molar-refractivity contribution in [3.05, 3.63) is 29.8 Å². The molecule has 0 saturated heterocycles. The van der Waals surface area contributed by atoms with E-state index in [4.69, 9.17) is 4.74 Å². The van der Waals surface area contributed by atoms with Crippen molar-refractivity contribution in [2.24, 2.45) is 0 Å². The number of ether oxygens (including phenoxy) is 1. The summed E-state index contributed by atoms with van der Waals surface area (Å²) in [7, 11) is 0. The molecule has 0 aliphatic heterocycles. The first-order valence-corrected chi connectivity index (χ1v) is 7.72. The molecule has 0 aliphatic carbocycles. The van der Waals surface area contributed by atoms with Gasteiger partial charge in [0.2, 0.25) is 0 Å². The third-order valence-electron chi connectivity index (χ3n) is 3.49. The van der Waals surface area contributed by atoms with Gasteiger partial charge in [0.1, 0.15) is 5.75 Å². The average Bonchev–Trinajstić information content (AvgIpc) is 2.46. The summed E-state index contributed by atoms with van der Waals surface area (Å²) < 4.78 is 5.94. The largest absolute Gasteiger partial charge is 0.493 e. The van der Waals surface area contributed by atoms with Crippen LogP contribution in [0.1, 0.15) is 57.9 Å². The van der Waals surface area contributed by atoms with E-state index in [9.17, 15) is 0 Å². The normalized spacial score (nSPS) is 12.4. The highest BCUT2D eigenvalue weighted by Crippen LogP contribution is 2.28. The lowest BCUT2D eigenvalue weighted by atomic mass is 9.98. The van der Waals surface area contributed by atoms with Crippen molar-refractivity contribution in [3.8, 4) is 5.75 Å². The van der Waals surface area contributed by atoms with E-state index >= 15 is 0 Å². The molecule has 0 heterocycles. The molecular weight excluding hydrogens is 234 g/mol. The van der Waals surface area contributed by atoms with Gasteiger partial charge in [-0.1, -0.05) is 39.0 Å². The van der Waals surface area contributed by atoms with E-state index in [2.05, 4.69) is 50.4 Å². The maximum absolute atomic E-state index is 5.94. The maximum atomic E-state index is 5.94. The van der Waals surface area contributed by atoms with Crippen LogP contribution in [0.5, 0.6) is 5.75 Å². The van der Waals surface area contributed by atoms with Gasteiger partial charge in [-0.25, -0.2) is 0 Å². The summed E-state index contributed by atoms with van der Waals surface area (Å²) in [6.45, 7) is 9.73. The number of para-hydroxylation sites is 1. The SMILES string of the molecule is CCCNCCCCOc1ccccc1C(C)CC. The lowest BCUT2D eigenvalue weighted by Crippen LogP contribution is -2.16. The van der Waals surface area contributed by atoms with E-state index in [0.717, 1.165) is 38.3 Å². The topological polar surface area (TPSA) is 21.3 Å². The van der Waals surface area contributed by atoms with Crippen LogP contribution in [0.4, 0.5) is 0 Å². The Labute approximate surface area is 118 Å². The minimum atomic E-state index is 0.572. The van der Waals surface area contributed by atoms with Gasteiger partial charge in [0, 0.05) is 0 Å². The summed E-state index contributed by atoms with van der Waals surface area (Å²) in [5.41, 5.74) is 1.34. The number of unbranched alkanes of at least 4 members (excludes halogenated alkanes) is 1. The second kappa shape index (κ2) is 9.85. The minimum absolute atomic E-state index is 0.572. The van der Waals surface area contributed by atoms with E-state index in [0.29, 0.717) is 5.92 Å². The number of nitrogens with one attached hydrogen (secondary N) is 1. The van der Waals surface area contributed by atoms with Gasteiger partial charge in [0.05, 0.1) is 6.61 Å². The molecule has 0 aromatic heterocycles. The van der Waals surface area contributed by atoms with Gasteiger partial charge in [0.15, 0.2) is 0 Å². The fraction of sp³-hybridized carbons (Fsp3) is 0.647. The third-order valence-corrected chi connectivity index (χ3v) is 3.49. The van der Waals surface area contributed by atoms with Gasteiger partial charge in [-0.05, 0) is 56.3 Å².